The molecule has 15 heavy (non-hydrogen) atoms. The molecule has 0 aliphatic heterocycles. The van der Waals surface area contributed by atoms with Crippen LogP contribution >= 0.6 is 0 Å². The van der Waals surface area contributed by atoms with Gasteiger partial charge in [0.2, 0.25) is 0 Å². The average Bonchev–Trinajstić information content (AvgIpc) is 2.33. The molecule has 0 aromatic rings. The Kier molecular flexibility index (Phi) is 1.94. The summed E-state index contributed by atoms with van der Waals surface area (Å²) in [5, 5.41) is -1.19. The SMILES string of the molecule is CC1(C)[C@H]2CC[C@]1(C)C(=O)[C@@H]2S(=O)(=O)O. The monoisotopic (exact) mass is 232 g/mol. The van der Waals surface area contributed by atoms with Gasteiger partial charge in [0.25, 0.3) is 10.1 Å². The zero-order valence-electron chi connectivity index (χ0n) is 9.15. The van der Waals surface area contributed by atoms with E-state index in [1.165, 1.54) is 0 Å². The van der Waals surface area contributed by atoms with Crippen molar-refractivity contribution in [3.63, 3.8) is 0 Å². The summed E-state index contributed by atoms with van der Waals surface area (Å²) >= 11 is 0. The Hall–Kier alpha value is -0.420. The summed E-state index contributed by atoms with van der Waals surface area (Å²) in [6.07, 6.45) is 1.44. The van der Waals surface area contributed by atoms with Gasteiger partial charge >= 0.3 is 0 Å². The van der Waals surface area contributed by atoms with E-state index in [1.54, 1.807) is 0 Å². The molecular weight excluding hydrogens is 216 g/mol. The molecule has 0 unspecified atom stereocenters. The molecule has 0 heterocycles. The van der Waals surface area contributed by atoms with Crippen molar-refractivity contribution in [2.45, 2.75) is 38.9 Å². The van der Waals surface area contributed by atoms with Gasteiger partial charge < -0.3 is 0 Å². The van der Waals surface area contributed by atoms with Crippen LogP contribution in [0.4, 0.5) is 0 Å². The van der Waals surface area contributed by atoms with Crippen LogP contribution in [0, 0.1) is 16.7 Å². The fourth-order valence-corrected chi connectivity index (χ4v) is 4.77. The number of Topliss-reactive ketones (excluding diaryl/α,β-unsaturated/α-hetero) is 1. The normalized spacial score (nSPS) is 43.6. The van der Waals surface area contributed by atoms with Gasteiger partial charge in [-0.2, -0.15) is 8.42 Å². The van der Waals surface area contributed by atoms with Gasteiger partial charge in [0.1, 0.15) is 5.25 Å². The van der Waals surface area contributed by atoms with Crippen LogP contribution in [0.3, 0.4) is 0 Å². The number of carbonyl (C=O) groups excluding carboxylic acids is 1. The lowest BCUT2D eigenvalue weighted by atomic mass is 9.70. The molecule has 5 heteroatoms. The summed E-state index contributed by atoms with van der Waals surface area (Å²) < 4.78 is 31.5. The fraction of sp³-hybridized carbons (Fsp3) is 0.900. The topological polar surface area (TPSA) is 71.4 Å². The van der Waals surface area contributed by atoms with E-state index >= 15 is 0 Å². The highest BCUT2D eigenvalue weighted by atomic mass is 32.2. The summed E-state index contributed by atoms with van der Waals surface area (Å²) in [4.78, 5) is 12.0. The Balaban J connectivity index is 2.57. The van der Waals surface area contributed by atoms with Crippen LogP contribution in [0.5, 0.6) is 0 Å². The highest BCUT2D eigenvalue weighted by Gasteiger charge is 2.69. The summed E-state index contributed by atoms with van der Waals surface area (Å²) in [5.74, 6) is -0.531. The third kappa shape index (κ3) is 1.11. The molecule has 0 aromatic heterocycles. The third-order valence-corrected chi connectivity index (χ3v) is 5.98. The van der Waals surface area contributed by atoms with E-state index in [-0.39, 0.29) is 17.1 Å². The molecule has 2 aliphatic rings. The van der Waals surface area contributed by atoms with Crippen LogP contribution < -0.4 is 0 Å². The Morgan fingerprint density at radius 2 is 1.87 bits per heavy atom. The molecule has 0 saturated heterocycles. The molecule has 86 valence electrons. The van der Waals surface area contributed by atoms with E-state index < -0.39 is 20.8 Å². The number of fused-ring (bicyclic) bond motifs is 2. The molecule has 2 bridgehead atoms. The Morgan fingerprint density at radius 1 is 1.33 bits per heavy atom. The van der Waals surface area contributed by atoms with Crippen LogP contribution in [0.25, 0.3) is 0 Å². The lowest BCUT2D eigenvalue weighted by molar-refractivity contribution is -0.128. The van der Waals surface area contributed by atoms with E-state index in [2.05, 4.69) is 0 Å². The molecule has 2 saturated carbocycles. The lowest BCUT2D eigenvalue weighted by Crippen LogP contribution is -2.38. The molecule has 0 spiro atoms. The van der Waals surface area contributed by atoms with Gasteiger partial charge in [-0.25, -0.2) is 0 Å². The largest absolute Gasteiger partial charge is 0.297 e. The van der Waals surface area contributed by atoms with Gasteiger partial charge in [-0.15, -0.1) is 0 Å². The number of hydrogen-bond acceptors (Lipinski definition) is 3. The van der Waals surface area contributed by atoms with Crippen LogP contribution in [-0.2, 0) is 14.9 Å². The summed E-state index contributed by atoms with van der Waals surface area (Å²) in [7, 11) is -4.24. The maximum atomic E-state index is 12.0. The van der Waals surface area contributed by atoms with Crippen molar-refractivity contribution in [2.75, 3.05) is 0 Å². The first-order valence-corrected chi connectivity index (χ1v) is 6.63. The molecule has 2 rings (SSSR count). The number of rotatable bonds is 1. The second-order valence-corrected chi connectivity index (χ2v) is 7.04. The smallest absolute Gasteiger partial charge is 0.275 e. The fourth-order valence-electron chi connectivity index (χ4n) is 3.35. The van der Waals surface area contributed by atoms with Crippen molar-refractivity contribution in [1.29, 1.82) is 0 Å². The highest BCUT2D eigenvalue weighted by Crippen LogP contribution is 2.64. The minimum atomic E-state index is -4.24. The van der Waals surface area contributed by atoms with E-state index in [0.29, 0.717) is 6.42 Å². The van der Waals surface area contributed by atoms with Crippen molar-refractivity contribution in [3.05, 3.63) is 0 Å². The van der Waals surface area contributed by atoms with Gasteiger partial charge in [-0.3, -0.25) is 9.35 Å². The molecule has 2 aliphatic carbocycles. The van der Waals surface area contributed by atoms with Crippen LogP contribution in [0.15, 0.2) is 0 Å². The van der Waals surface area contributed by atoms with E-state index in [4.69, 9.17) is 4.55 Å². The first kappa shape index (κ1) is 11.1. The molecule has 0 amide bonds. The second-order valence-electron chi connectivity index (χ2n) is 5.50. The van der Waals surface area contributed by atoms with Gasteiger partial charge in [-0.05, 0) is 24.2 Å². The molecule has 1 N–H and O–H groups in total. The molecule has 3 atom stereocenters. The maximum absolute atomic E-state index is 12.0. The van der Waals surface area contributed by atoms with Crippen LogP contribution in [0.2, 0.25) is 0 Å². The Labute approximate surface area is 89.8 Å². The second kappa shape index (κ2) is 2.63. The van der Waals surface area contributed by atoms with Crippen molar-refractivity contribution >= 4 is 15.9 Å². The predicted octanol–water partition coefficient (Wildman–Crippen LogP) is 1.27. The summed E-state index contributed by atoms with van der Waals surface area (Å²) in [5.41, 5.74) is -0.914. The first-order chi connectivity index (χ1) is 6.62. The molecule has 0 aromatic carbocycles. The zero-order chi connectivity index (χ0) is 11.6. The Bertz CT molecular complexity index is 423. The number of ketones is 1. The van der Waals surface area contributed by atoms with Gasteiger partial charge in [0.05, 0.1) is 0 Å². The highest BCUT2D eigenvalue weighted by molar-refractivity contribution is 7.87. The van der Waals surface area contributed by atoms with Gasteiger partial charge in [-0.1, -0.05) is 20.8 Å². The van der Waals surface area contributed by atoms with Gasteiger partial charge in [0.15, 0.2) is 5.78 Å². The van der Waals surface area contributed by atoms with Crippen molar-refractivity contribution < 1.29 is 17.8 Å². The third-order valence-electron chi connectivity index (χ3n) is 4.79. The minimum Gasteiger partial charge on any atom is -0.297 e. The molecule has 0 radical (unpaired) electrons. The molecule has 2 fully saturated rings. The minimum absolute atomic E-state index is 0.231. The Morgan fingerprint density at radius 3 is 2.13 bits per heavy atom. The zero-order valence-corrected chi connectivity index (χ0v) is 9.97. The van der Waals surface area contributed by atoms with Crippen LogP contribution in [0.1, 0.15) is 33.6 Å². The summed E-state index contributed by atoms with van der Waals surface area (Å²) in [6.45, 7) is 5.67. The number of hydrogen-bond donors (Lipinski definition) is 1. The van der Waals surface area contributed by atoms with E-state index in [9.17, 15) is 13.2 Å². The van der Waals surface area contributed by atoms with Gasteiger partial charge in [0, 0.05) is 5.41 Å². The standard InChI is InChI=1S/C10H16O4S/c1-9(2)6-4-5-10(9,3)8(11)7(6)15(12,13)14/h6-7H,4-5H2,1-3H3,(H,12,13,14)/t6-,7+,10+/m0/s1. The predicted molar refractivity (Wildman–Crippen MR) is 55.0 cm³/mol. The molecule has 4 nitrogen and oxygen atoms in total. The average molecular weight is 232 g/mol. The molecular formula is C10H16O4S. The quantitative estimate of drug-likeness (QED) is 0.691. The van der Waals surface area contributed by atoms with E-state index in [0.717, 1.165) is 6.42 Å². The van der Waals surface area contributed by atoms with Crippen molar-refractivity contribution in [1.82, 2.24) is 0 Å². The van der Waals surface area contributed by atoms with Crippen molar-refractivity contribution in [3.8, 4) is 0 Å². The summed E-state index contributed by atoms with van der Waals surface area (Å²) in [6, 6.07) is 0. The van der Waals surface area contributed by atoms with Crippen molar-refractivity contribution in [2.24, 2.45) is 16.7 Å². The first-order valence-electron chi connectivity index (χ1n) is 5.13. The maximum Gasteiger partial charge on any atom is 0.275 e. The lowest BCUT2D eigenvalue weighted by Gasteiger charge is -2.32. The number of carbonyl (C=O) groups is 1. The van der Waals surface area contributed by atoms with Crippen LogP contribution in [-0.4, -0.2) is 24.0 Å². The van der Waals surface area contributed by atoms with E-state index in [1.807, 2.05) is 20.8 Å².